The third-order valence-electron chi connectivity index (χ3n) is 3.27. The van der Waals surface area contributed by atoms with Crippen LogP contribution in [-0.2, 0) is 11.2 Å². The van der Waals surface area contributed by atoms with Crippen LogP contribution in [0.3, 0.4) is 0 Å². The molecule has 1 heterocycles. The molecule has 1 fully saturated rings. The van der Waals surface area contributed by atoms with Crippen LogP contribution in [0.15, 0.2) is 29.8 Å². The third-order valence-corrected chi connectivity index (χ3v) is 3.27. The summed E-state index contributed by atoms with van der Waals surface area (Å²) in [5.41, 5.74) is 4.39. The van der Waals surface area contributed by atoms with Gasteiger partial charge < -0.3 is 4.74 Å². The van der Waals surface area contributed by atoms with Crippen molar-refractivity contribution in [2.75, 3.05) is 13.2 Å². The van der Waals surface area contributed by atoms with Gasteiger partial charge >= 0.3 is 0 Å². The third kappa shape index (κ3) is 1.28. The second-order valence-corrected chi connectivity index (χ2v) is 4.16. The lowest BCUT2D eigenvalue weighted by Crippen LogP contribution is -2.23. The molecule has 0 spiro atoms. The molecule has 0 N–H and O–H groups in total. The number of fused-ring (bicyclic) bond motifs is 2. The molecule has 1 aromatic rings. The Kier molecular flexibility index (Phi) is 1.91. The van der Waals surface area contributed by atoms with E-state index in [1.165, 1.54) is 29.5 Å². The average molecular weight is 186 g/mol. The van der Waals surface area contributed by atoms with Crippen LogP contribution in [0.5, 0.6) is 0 Å². The zero-order valence-electron chi connectivity index (χ0n) is 8.20. The van der Waals surface area contributed by atoms with Crippen molar-refractivity contribution in [1.82, 2.24) is 0 Å². The molecular weight excluding hydrogens is 172 g/mol. The van der Waals surface area contributed by atoms with E-state index < -0.39 is 0 Å². The first-order valence-electron chi connectivity index (χ1n) is 5.29. The molecule has 0 aromatic heterocycles. The van der Waals surface area contributed by atoms with E-state index in [4.69, 9.17) is 4.74 Å². The van der Waals surface area contributed by atoms with E-state index in [0.29, 0.717) is 0 Å². The number of hydrogen-bond acceptors (Lipinski definition) is 1. The lowest BCUT2D eigenvalue weighted by Gasteiger charge is -2.29. The van der Waals surface area contributed by atoms with Crippen molar-refractivity contribution in [2.24, 2.45) is 5.92 Å². The Morgan fingerprint density at radius 3 is 3.14 bits per heavy atom. The lowest BCUT2D eigenvalue weighted by molar-refractivity contribution is 0.108. The highest BCUT2D eigenvalue weighted by atomic mass is 16.5. The summed E-state index contributed by atoms with van der Waals surface area (Å²) in [6.07, 6.45) is 4.73. The minimum atomic E-state index is 0.749. The maximum atomic E-state index is 5.49. The van der Waals surface area contributed by atoms with E-state index in [-0.39, 0.29) is 0 Å². The fourth-order valence-electron chi connectivity index (χ4n) is 2.44. The SMILES string of the molecule is C1=C2COCCC2Cc2ccccc21. The van der Waals surface area contributed by atoms with Crippen LogP contribution in [0.1, 0.15) is 17.5 Å². The summed E-state index contributed by atoms with van der Waals surface area (Å²) in [6.45, 7) is 1.78. The second kappa shape index (κ2) is 3.25. The Hall–Kier alpha value is -1.08. The molecule has 1 aliphatic carbocycles. The van der Waals surface area contributed by atoms with Crippen LogP contribution in [0.25, 0.3) is 6.08 Å². The van der Waals surface area contributed by atoms with Gasteiger partial charge in [0.15, 0.2) is 0 Å². The molecule has 3 rings (SSSR count). The first-order chi connectivity index (χ1) is 6.93. The summed E-state index contributed by atoms with van der Waals surface area (Å²) in [6, 6.07) is 8.70. The molecule has 1 saturated heterocycles. The Morgan fingerprint density at radius 2 is 2.14 bits per heavy atom. The van der Waals surface area contributed by atoms with Gasteiger partial charge in [-0.15, -0.1) is 0 Å². The normalized spacial score (nSPS) is 24.9. The Bertz CT molecular complexity index is 379. The zero-order chi connectivity index (χ0) is 9.38. The van der Waals surface area contributed by atoms with Gasteiger partial charge in [0.25, 0.3) is 0 Å². The Morgan fingerprint density at radius 1 is 1.21 bits per heavy atom. The van der Waals surface area contributed by atoms with Gasteiger partial charge in [-0.2, -0.15) is 0 Å². The molecule has 0 saturated carbocycles. The van der Waals surface area contributed by atoms with E-state index in [9.17, 15) is 0 Å². The molecule has 72 valence electrons. The summed E-state index contributed by atoms with van der Waals surface area (Å²) in [4.78, 5) is 0. The standard InChI is InChI=1S/C13H14O/c1-2-4-11-8-13-9-14-6-5-12(13)7-10(11)3-1/h1-4,8,12H,5-7,9H2. The maximum Gasteiger partial charge on any atom is 0.0682 e. The highest BCUT2D eigenvalue weighted by molar-refractivity contribution is 5.60. The van der Waals surface area contributed by atoms with E-state index in [1.54, 1.807) is 0 Å². The summed E-state index contributed by atoms with van der Waals surface area (Å²) < 4.78 is 5.49. The van der Waals surface area contributed by atoms with E-state index in [0.717, 1.165) is 19.1 Å². The molecule has 1 atom stereocenters. The summed E-state index contributed by atoms with van der Waals surface area (Å²) in [5.74, 6) is 0.749. The monoisotopic (exact) mass is 186 g/mol. The minimum Gasteiger partial charge on any atom is -0.377 e. The van der Waals surface area contributed by atoms with Gasteiger partial charge in [-0.25, -0.2) is 0 Å². The lowest BCUT2D eigenvalue weighted by atomic mass is 9.81. The van der Waals surface area contributed by atoms with Gasteiger partial charge in [0.2, 0.25) is 0 Å². The van der Waals surface area contributed by atoms with Crippen molar-refractivity contribution >= 4 is 6.08 Å². The van der Waals surface area contributed by atoms with Crippen molar-refractivity contribution in [3.8, 4) is 0 Å². The predicted octanol–water partition coefficient (Wildman–Crippen LogP) is 2.66. The van der Waals surface area contributed by atoms with Gasteiger partial charge in [-0.05, 0) is 35.5 Å². The fraction of sp³-hybridized carbons (Fsp3) is 0.385. The van der Waals surface area contributed by atoms with Crippen molar-refractivity contribution in [3.05, 3.63) is 41.0 Å². The van der Waals surface area contributed by atoms with Crippen LogP contribution >= 0.6 is 0 Å². The quantitative estimate of drug-likeness (QED) is 0.605. The first-order valence-corrected chi connectivity index (χ1v) is 5.29. The largest absolute Gasteiger partial charge is 0.377 e. The van der Waals surface area contributed by atoms with Gasteiger partial charge in [0, 0.05) is 6.61 Å². The summed E-state index contributed by atoms with van der Waals surface area (Å²) >= 11 is 0. The first kappa shape index (κ1) is 8.25. The number of rotatable bonds is 0. The topological polar surface area (TPSA) is 9.23 Å². The molecule has 1 nitrogen and oxygen atoms in total. The van der Waals surface area contributed by atoms with Crippen LogP contribution in [0.2, 0.25) is 0 Å². The molecule has 0 amide bonds. The van der Waals surface area contributed by atoms with Crippen LogP contribution in [0, 0.1) is 5.92 Å². The van der Waals surface area contributed by atoms with Crippen molar-refractivity contribution in [2.45, 2.75) is 12.8 Å². The van der Waals surface area contributed by atoms with Gasteiger partial charge in [0.05, 0.1) is 6.61 Å². The molecule has 0 bridgehead atoms. The van der Waals surface area contributed by atoms with Gasteiger partial charge in [0.1, 0.15) is 0 Å². The van der Waals surface area contributed by atoms with Crippen LogP contribution in [0.4, 0.5) is 0 Å². The molecular formula is C13H14O. The Balaban J connectivity index is 2.03. The fourth-order valence-corrected chi connectivity index (χ4v) is 2.44. The molecule has 1 aliphatic heterocycles. The molecule has 1 unspecified atom stereocenters. The molecule has 1 heteroatoms. The van der Waals surface area contributed by atoms with E-state index in [2.05, 4.69) is 30.3 Å². The molecule has 2 aliphatic rings. The highest BCUT2D eigenvalue weighted by Gasteiger charge is 2.23. The van der Waals surface area contributed by atoms with Crippen molar-refractivity contribution < 1.29 is 4.74 Å². The van der Waals surface area contributed by atoms with Gasteiger partial charge in [-0.3, -0.25) is 0 Å². The number of ether oxygens (including phenoxy) is 1. The van der Waals surface area contributed by atoms with Crippen molar-refractivity contribution in [3.63, 3.8) is 0 Å². The smallest absolute Gasteiger partial charge is 0.0682 e. The maximum absolute atomic E-state index is 5.49. The summed E-state index contributed by atoms with van der Waals surface area (Å²) in [7, 11) is 0. The zero-order valence-corrected chi connectivity index (χ0v) is 8.20. The van der Waals surface area contributed by atoms with E-state index in [1.807, 2.05) is 0 Å². The highest BCUT2D eigenvalue weighted by Crippen LogP contribution is 2.32. The molecule has 0 radical (unpaired) electrons. The second-order valence-electron chi connectivity index (χ2n) is 4.16. The summed E-state index contributed by atoms with van der Waals surface area (Å²) in [5, 5.41) is 0. The van der Waals surface area contributed by atoms with Crippen LogP contribution in [-0.4, -0.2) is 13.2 Å². The Labute approximate surface area is 84.4 Å². The van der Waals surface area contributed by atoms with E-state index >= 15 is 0 Å². The van der Waals surface area contributed by atoms with Crippen LogP contribution < -0.4 is 0 Å². The molecule has 1 aromatic carbocycles. The predicted molar refractivity (Wildman–Crippen MR) is 57.0 cm³/mol. The number of benzene rings is 1. The van der Waals surface area contributed by atoms with Gasteiger partial charge in [-0.1, -0.05) is 30.3 Å². The molecule has 14 heavy (non-hydrogen) atoms. The number of hydrogen-bond donors (Lipinski definition) is 0. The minimum absolute atomic E-state index is 0.749. The average Bonchev–Trinajstić information content (AvgIpc) is 2.26. The van der Waals surface area contributed by atoms with Crippen molar-refractivity contribution in [1.29, 1.82) is 0 Å².